The SMILES string of the molecule is c1ccc(-c2cccc(-c3cc(-c4ccccc4)cc(-n4c5ccccc5c5ccc6c7ccccc7n(-c7nc(-c8ccccc8)nc(-c8cccc(-c9ccccc9)c8)n7)c6c54)c3)c2)cc1. The van der Waals surface area contributed by atoms with E-state index in [1.807, 2.05) is 24.3 Å². The lowest BCUT2D eigenvalue weighted by atomic mass is 9.95. The number of para-hydroxylation sites is 2. The molecule has 0 radical (unpaired) electrons. The zero-order valence-corrected chi connectivity index (χ0v) is 36.9. The Kier molecular flexibility index (Phi) is 9.43. The van der Waals surface area contributed by atoms with Crippen LogP contribution in [0.15, 0.2) is 249 Å². The molecule has 68 heavy (non-hydrogen) atoms. The molecule has 13 rings (SSSR count). The van der Waals surface area contributed by atoms with Crippen LogP contribution >= 0.6 is 0 Å². The van der Waals surface area contributed by atoms with Crippen LogP contribution in [0.5, 0.6) is 0 Å². The van der Waals surface area contributed by atoms with Crippen molar-refractivity contribution < 1.29 is 0 Å². The minimum atomic E-state index is 0.547. The van der Waals surface area contributed by atoms with Gasteiger partial charge in [0.25, 0.3) is 0 Å². The number of fused-ring (bicyclic) bond motifs is 7. The van der Waals surface area contributed by atoms with Crippen LogP contribution in [-0.2, 0) is 0 Å². The monoisotopic (exact) mass is 867 g/mol. The highest BCUT2D eigenvalue weighted by Crippen LogP contribution is 2.43. The van der Waals surface area contributed by atoms with Crippen LogP contribution in [0.4, 0.5) is 0 Å². The molecule has 318 valence electrons. The molecule has 0 aliphatic carbocycles. The summed E-state index contributed by atoms with van der Waals surface area (Å²) in [5, 5.41) is 4.54. The molecule has 5 heteroatoms. The van der Waals surface area contributed by atoms with Crippen molar-refractivity contribution in [1.82, 2.24) is 24.1 Å². The van der Waals surface area contributed by atoms with Crippen molar-refractivity contribution in [3.05, 3.63) is 249 Å². The van der Waals surface area contributed by atoms with Crippen LogP contribution in [0.3, 0.4) is 0 Å². The molecular formula is C63H41N5. The maximum absolute atomic E-state index is 5.44. The molecule has 10 aromatic carbocycles. The summed E-state index contributed by atoms with van der Waals surface area (Å²) in [5.41, 5.74) is 16.3. The average Bonchev–Trinajstić information content (AvgIpc) is 3.95. The van der Waals surface area contributed by atoms with E-state index in [9.17, 15) is 0 Å². The smallest absolute Gasteiger partial charge is 0.238 e. The van der Waals surface area contributed by atoms with Crippen molar-refractivity contribution in [3.63, 3.8) is 0 Å². The Balaban J connectivity index is 1.12. The first-order chi connectivity index (χ1) is 33.7. The molecule has 3 aromatic heterocycles. The summed E-state index contributed by atoms with van der Waals surface area (Å²) < 4.78 is 4.73. The predicted octanol–water partition coefficient (Wildman–Crippen LogP) is 16.1. The second-order valence-electron chi connectivity index (χ2n) is 17.2. The number of benzene rings is 10. The van der Waals surface area contributed by atoms with E-state index in [4.69, 9.17) is 15.0 Å². The van der Waals surface area contributed by atoms with Crippen molar-refractivity contribution >= 4 is 43.6 Å². The molecule has 0 unspecified atom stereocenters. The minimum absolute atomic E-state index is 0.547. The van der Waals surface area contributed by atoms with E-state index < -0.39 is 0 Å². The standard InChI is InChI=1S/C63H41N5/c1-5-19-42(20-6-1)46-27-17-29-48(37-46)51-39-50(44-23-9-3-10-24-44)40-52(41-51)67-57-33-15-13-31-53(57)55-35-36-56-54-32-14-16-34-58(54)68(60(56)59(55)67)63-65-61(45-25-11-4-12-26-45)64-62(66-63)49-30-18-28-47(38-49)43-21-7-2-8-22-43/h1-41H. The molecule has 0 atom stereocenters. The van der Waals surface area contributed by atoms with Crippen LogP contribution in [0, 0.1) is 0 Å². The summed E-state index contributed by atoms with van der Waals surface area (Å²) in [5.74, 6) is 1.75. The third kappa shape index (κ3) is 6.76. The Morgan fingerprint density at radius 2 is 0.603 bits per heavy atom. The van der Waals surface area contributed by atoms with Gasteiger partial charge in [0.2, 0.25) is 5.95 Å². The van der Waals surface area contributed by atoms with Crippen molar-refractivity contribution in [2.75, 3.05) is 0 Å². The van der Waals surface area contributed by atoms with Gasteiger partial charge in [-0.05, 0) is 87.0 Å². The van der Waals surface area contributed by atoms with Gasteiger partial charge in [0.1, 0.15) is 0 Å². The highest BCUT2D eigenvalue weighted by molar-refractivity contribution is 6.23. The van der Waals surface area contributed by atoms with Crippen molar-refractivity contribution in [2.45, 2.75) is 0 Å². The van der Waals surface area contributed by atoms with Crippen LogP contribution in [0.2, 0.25) is 0 Å². The maximum atomic E-state index is 5.44. The van der Waals surface area contributed by atoms with Gasteiger partial charge in [-0.25, -0.2) is 4.98 Å². The fraction of sp³-hybridized carbons (Fsp3) is 0. The minimum Gasteiger partial charge on any atom is -0.307 e. The number of nitrogens with zero attached hydrogens (tertiary/aromatic N) is 5. The van der Waals surface area contributed by atoms with Crippen LogP contribution < -0.4 is 0 Å². The largest absolute Gasteiger partial charge is 0.307 e. The van der Waals surface area contributed by atoms with Crippen LogP contribution in [0.25, 0.3) is 123 Å². The summed E-state index contributed by atoms with van der Waals surface area (Å²) >= 11 is 0. The topological polar surface area (TPSA) is 48.5 Å². The number of aromatic nitrogens is 5. The van der Waals surface area contributed by atoms with E-state index >= 15 is 0 Å². The predicted molar refractivity (Wildman–Crippen MR) is 281 cm³/mol. The fourth-order valence-electron chi connectivity index (χ4n) is 9.97. The van der Waals surface area contributed by atoms with Gasteiger partial charge in [0.05, 0.1) is 22.1 Å². The molecule has 0 amide bonds. The molecule has 0 saturated heterocycles. The second kappa shape index (κ2) is 16.4. The van der Waals surface area contributed by atoms with E-state index in [2.05, 4.69) is 234 Å². The lowest BCUT2D eigenvalue weighted by molar-refractivity contribution is 0.953. The molecule has 0 aliphatic rings. The first-order valence-electron chi connectivity index (χ1n) is 23.0. The third-order valence-electron chi connectivity index (χ3n) is 13.1. The summed E-state index contributed by atoms with van der Waals surface area (Å²) in [6, 6.07) is 88.4. The summed E-state index contributed by atoms with van der Waals surface area (Å²) in [6.07, 6.45) is 0. The zero-order chi connectivity index (χ0) is 45.0. The van der Waals surface area contributed by atoms with Gasteiger partial charge in [0, 0.05) is 38.4 Å². The van der Waals surface area contributed by atoms with E-state index in [1.165, 1.54) is 11.1 Å². The number of hydrogen-bond donors (Lipinski definition) is 0. The quantitative estimate of drug-likeness (QED) is 0.153. The average molecular weight is 868 g/mol. The molecule has 0 aliphatic heterocycles. The zero-order valence-electron chi connectivity index (χ0n) is 36.9. The summed E-state index contributed by atoms with van der Waals surface area (Å²) in [6.45, 7) is 0. The van der Waals surface area contributed by atoms with Gasteiger partial charge in [-0.1, -0.05) is 206 Å². The highest BCUT2D eigenvalue weighted by Gasteiger charge is 2.24. The van der Waals surface area contributed by atoms with Gasteiger partial charge < -0.3 is 4.57 Å². The first kappa shape index (κ1) is 39.2. The van der Waals surface area contributed by atoms with E-state index in [1.54, 1.807) is 0 Å². The van der Waals surface area contributed by atoms with E-state index in [-0.39, 0.29) is 0 Å². The molecule has 0 spiro atoms. The molecule has 0 bridgehead atoms. The third-order valence-corrected chi connectivity index (χ3v) is 13.1. The van der Waals surface area contributed by atoms with Gasteiger partial charge in [0.15, 0.2) is 11.6 Å². The van der Waals surface area contributed by atoms with E-state index in [0.717, 1.165) is 93.8 Å². The summed E-state index contributed by atoms with van der Waals surface area (Å²) in [4.78, 5) is 16.0. The van der Waals surface area contributed by atoms with Gasteiger partial charge >= 0.3 is 0 Å². The Labute approximate surface area is 393 Å². The Morgan fingerprint density at radius 1 is 0.235 bits per heavy atom. The Morgan fingerprint density at radius 3 is 1.16 bits per heavy atom. The molecule has 0 saturated carbocycles. The van der Waals surface area contributed by atoms with E-state index in [0.29, 0.717) is 17.6 Å². The number of rotatable bonds is 8. The lowest BCUT2D eigenvalue weighted by Gasteiger charge is -2.16. The molecule has 0 fully saturated rings. The fourth-order valence-corrected chi connectivity index (χ4v) is 9.97. The van der Waals surface area contributed by atoms with Gasteiger partial charge in [-0.15, -0.1) is 0 Å². The van der Waals surface area contributed by atoms with Crippen LogP contribution in [0.1, 0.15) is 0 Å². The number of hydrogen-bond acceptors (Lipinski definition) is 3. The molecule has 0 N–H and O–H groups in total. The lowest BCUT2D eigenvalue weighted by Crippen LogP contribution is -2.07. The van der Waals surface area contributed by atoms with Gasteiger partial charge in [-0.3, -0.25) is 4.57 Å². The Bertz CT molecular complexity index is 3740. The molecule has 5 nitrogen and oxygen atoms in total. The van der Waals surface area contributed by atoms with Crippen molar-refractivity contribution in [3.8, 4) is 78.9 Å². The Hall–Kier alpha value is -9.19. The summed E-state index contributed by atoms with van der Waals surface area (Å²) in [7, 11) is 0. The first-order valence-corrected chi connectivity index (χ1v) is 23.0. The highest BCUT2D eigenvalue weighted by atomic mass is 15.2. The molecule has 13 aromatic rings. The molecular weight excluding hydrogens is 827 g/mol. The second-order valence-corrected chi connectivity index (χ2v) is 17.2. The van der Waals surface area contributed by atoms with Crippen LogP contribution in [-0.4, -0.2) is 24.1 Å². The molecule has 3 heterocycles. The van der Waals surface area contributed by atoms with Gasteiger partial charge in [-0.2, -0.15) is 9.97 Å². The van der Waals surface area contributed by atoms with Crippen molar-refractivity contribution in [2.24, 2.45) is 0 Å². The van der Waals surface area contributed by atoms with Crippen molar-refractivity contribution in [1.29, 1.82) is 0 Å². The normalized spacial score (nSPS) is 11.5. The maximum Gasteiger partial charge on any atom is 0.238 e.